The minimum atomic E-state index is -0.523. The molecule has 0 aliphatic carbocycles. The van der Waals surface area contributed by atoms with Gasteiger partial charge in [0, 0.05) is 17.5 Å². The molecule has 2 aliphatic rings. The van der Waals surface area contributed by atoms with Crippen LogP contribution in [0.2, 0.25) is 0 Å². The van der Waals surface area contributed by atoms with Crippen LogP contribution in [0.5, 0.6) is 0 Å². The van der Waals surface area contributed by atoms with Crippen LogP contribution in [0.3, 0.4) is 0 Å². The van der Waals surface area contributed by atoms with E-state index in [0.29, 0.717) is 17.9 Å². The van der Waals surface area contributed by atoms with Gasteiger partial charge in [0.2, 0.25) is 0 Å². The van der Waals surface area contributed by atoms with E-state index in [-0.39, 0.29) is 16.9 Å². The normalized spacial score (nSPS) is 19.6. The first kappa shape index (κ1) is 31.4. The average Bonchev–Trinajstić information content (AvgIpc) is 2.85. The second-order valence-corrected chi connectivity index (χ2v) is 11.8. The Morgan fingerprint density at radius 1 is 0.946 bits per heavy atom. The Hall–Kier alpha value is -1.83. The summed E-state index contributed by atoms with van der Waals surface area (Å²) in [5.74, 6) is 0.547. The molecule has 8 heteroatoms. The van der Waals surface area contributed by atoms with Gasteiger partial charge in [-0.1, -0.05) is 90.4 Å². The van der Waals surface area contributed by atoms with Crippen molar-refractivity contribution in [2.75, 3.05) is 19.4 Å². The number of hydrogen-bond donors (Lipinski definition) is 2. The van der Waals surface area contributed by atoms with Gasteiger partial charge in [-0.15, -0.1) is 0 Å². The third-order valence-electron chi connectivity index (χ3n) is 7.54. The van der Waals surface area contributed by atoms with E-state index in [2.05, 4.69) is 12.2 Å². The van der Waals surface area contributed by atoms with Crippen molar-refractivity contribution in [1.29, 1.82) is 0 Å². The molecule has 0 aromatic rings. The summed E-state index contributed by atoms with van der Waals surface area (Å²) >= 11 is 1.82. The number of ether oxygens (including phenoxy) is 1. The summed E-state index contributed by atoms with van der Waals surface area (Å²) < 4.78 is 4.93. The number of esters is 1. The van der Waals surface area contributed by atoms with E-state index in [0.717, 1.165) is 30.6 Å². The molecule has 0 bridgehead atoms. The standard InChI is InChI=1S/C29H51N3O4S/c1-5-6-7-8-9-10-11-12-13-14-15-16-17-18-20-31-29(34)36-32-23(3)25(28(33)35-4)26(30)22(2)27(32)24-19-21-37-24/h24,27H,5-21,30H2,1-4H3,(H,31,34). The maximum Gasteiger partial charge on any atom is 0.431 e. The molecule has 0 aromatic heterocycles. The molecular formula is C29H51N3O4S. The molecule has 212 valence electrons. The molecule has 7 nitrogen and oxygen atoms in total. The van der Waals surface area contributed by atoms with E-state index in [1.54, 1.807) is 12.0 Å². The molecule has 1 fully saturated rings. The largest absolute Gasteiger partial charge is 0.465 e. The summed E-state index contributed by atoms with van der Waals surface area (Å²) in [6.45, 7) is 6.50. The van der Waals surface area contributed by atoms with Crippen LogP contribution >= 0.6 is 11.8 Å². The summed E-state index contributed by atoms with van der Waals surface area (Å²) in [4.78, 5) is 30.8. The first-order valence-electron chi connectivity index (χ1n) is 14.5. The second kappa shape index (κ2) is 17.6. The molecule has 3 N–H and O–H groups in total. The van der Waals surface area contributed by atoms with Crippen LogP contribution in [-0.4, -0.2) is 47.8 Å². The first-order valence-corrected chi connectivity index (χ1v) is 15.6. The maximum atomic E-state index is 12.6. The number of rotatable bonds is 18. The smallest absolute Gasteiger partial charge is 0.431 e. The van der Waals surface area contributed by atoms with Gasteiger partial charge in [-0.3, -0.25) is 0 Å². The summed E-state index contributed by atoms with van der Waals surface area (Å²) in [7, 11) is 1.33. The van der Waals surface area contributed by atoms with E-state index in [4.69, 9.17) is 15.3 Å². The van der Waals surface area contributed by atoms with E-state index < -0.39 is 12.1 Å². The van der Waals surface area contributed by atoms with Crippen molar-refractivity contribution in [3.8, 4) is 0 Å². The number of nitrogens with one attached hydrogen (secondary N) is 1. The van der Waals surface area contributed by atoms with Gasteiger partial charge in [-0.25, -0.2) is 9.59 Å². The van der Waals surface area contributed by atoms with Gasteiger partial charge in [0.1, 0.15) is 11.6 Å². The predicted molar refractivity (Wildman–Crippen MR) is 153 cm³/mol. The number of amides is 1. The minimum Gasteiger partial charge on any atom is -0.465 e. The van der Waals surface area contributed by atoms with Crippen LogP contribution < -0.4 is 11.1 Å². The highest BCUT2D eigenvalue weighted by Crippen LogP contribution is 2.41. The number of hydrogen-bond acceptors (Lipinski definition) is 7. The average molecular weight is 538 g/mol. The number of carbonyl (C=O) groups excluding carboxylic acids is 2. The van der Waals surface area contributed by atoms with Crippen molar-refractivity contribution < 1.29 is 19.2 Å². The Morgan fingerprint density at radius 3 is 1.92 bits per heavy atom. The second-order valence-electron chi connectivity index (χ2n) is 10.4. The summed E-state index contributed by atoms with van der Waals surface area (Å²) in [5.41, 5.74) is 8.35. The zero-order chi connectivity index (χ0) is 27.0. The summed E-state index contributed by atoms with van der Waals surface area (Å²) in [6, 6.07) is -0.182. The van der Waals surface area contributed by atoms with Crippen molar-refractivity contribution in [1.82, 2.24) is 10.4 Å². The minimum absolute atomic E-state index is 0.182. The molecule has 1 amide bonds. The predicted octanol–water partition coefficient (Wildman–Crippen LogP) is 6.98. The fourth-order valence-electron chi connectivity index (χ4n) is 5.10. The molecule has 1 saturated heterocycles. The molecule has 2 unspecified atom stereocenters. The van der Waals surface area contributed by atoms with Crippen LogP contribution in [0.15, 0.2) is 22.5 Å². The topological polar surface area (TPSA) is 93.9 Å². The number of unbranched alkanes of at least 4 members (excludes halogenated alkanes) is 13. The van der Waals surface area contributed by atoms with Crippen LogP contribution in [0, 0.1) is 0 Å². The number of carbonyl (C=O) groups is 2. The Labute approximate surface area is 229 Å². The fraction of sp³-hybridized carbons (Fsp3) is 0.793. The number of thioether (sulfide) groups is 1. The molecule has 0 spiro atoms. The van der Waals surface area contributed by atoms with Crippen LogP contribution in [0.4, 0.5) is 4.79 Å². The Morgan fingerprint density at radius 2 is 1.46 bits per heavy atom. The van der Waals surface area contributed by atoms with Crippen LogP contribution in [0.1, 0.15) is 117 Å². The number of hydroxylamine groups is 2. The highest BCUT2D eigenvalue weighted by atomic mass is 32.2. The Bertz CT molecular complexity index is 779. The van der Waals surface area contributed by atoms with Gasteiger partial charge >= 0.3 is 12.1 Å². The zero-order valence-corrected chi connectivity index (χ0v) is 24.6. The van der Waals surface area contributed by atoms with E-state index in [1.807, 2.05) is 18.7 Å². The maximum absolute atomic E-state index is 12.6. The van der Waals surface area contributed by atoms with E-state index >= 15 is 0 Å². The van der Waals surface area contributed by atoms with Crippen molar-refractivity contribution >= 4 is 23.8 Å². The van der Waals surface area contributed by atoms with Gasteiger partial charge in [-0.05, 0) is 38.0 Å². The SMILES string of the molecule is CCCCCCCCCCCCCCCCNC(=O)ON1C(C)=C(C(=O)OC)C(N)=C(C)C1C1CCS1. The highest BCUT2D eigenvalue weighted by molar-refractivity contribution is 8.01. The summed E-state index contributed by atoms with van der Waals surface area (Å²) in [5, 5.41) is 4.71. The third-order valence-corrected chi connectivity index (χ3v) is 8.93. The number of nitrogens with two attached hydrogens (primary N) is 1. The monoisotopic (exact) mass is 537 g/mol. The van der Waals surface area contributed by atoms with Crippen molar-refractivity contribution in [3.63, 3.8) is 0 Å². The number of allylic oxidation sites excluding steroid dienone is 1. The van der Waals surface area contributed by atoms with E-state index in [9.17, 15) is 9.59 Å². The fourth-order valence-corrected chi connectivity index (χ4v) is 6.10. The van der Waals surface area contributed by atoms with Crippen molar-refractivity contribution in [2.24, 2.45) is 5.73 Å². The quantitative estimate of drug-likeness (QED) is 0.144. The lowest BCUT2D eigenvalue weighted by atomic mass is 9.92. The van der Waals surface area contributed by atoms with Gasteiger partial charge in [0.25, 0.3) is 0 Å². The highest BCUT2D eigenvalue weighted by Gasteiger charge is 2.42. The number of nitrogens with zero attached hydrogens (tertiary/aromatic N) is 1. The lowest BCUT2D eigenvalue weighted by Crippen LogP contribution is -2.51. The van der Waals surface area contributed by atoms with Gasteiger partial charge in [0.15, 0.2) is 0 Å². The lowest BCUT2D eigenvalue weighted by molar-refractivity contribution is -0.137. The Kier molecular flexibility index (Phi) is 15.0. The molecule has 2 rings (SSSR count). The molecule has 2 aliphatic heterocycles. The van der Waals surface area contributed by atoms with Gasteiger partial charge in [0.05, 0.1) is 12.8 Å². The van der Waals surface area contributed by atoms with E-state index in [1.165, 1.54) is 84.2 Å². The molecule has 2 heterocycles. The first-order chi connectivity index (χ1) is 17.9. The van der Waals surface area contributed by atoms with Gasteiger partial charge in [-0.2, -0.15) is 16.8 Å². The zero-order valence-electron chi connectivity index (χ0n) is 23.7. The molecule has 0 radical (unpaired) electrons. The molecule has 0 saturated carbocycles. The van der Waals surface area contributed by atoms with Crippen molar-refractivity contribution in [2.45, 2.75) is 128 Å². The molecule has 0 aromatic carbocycles. The van der Waals surface area contributed by atoms with Gasteiger partial charge < -0.3 is 20.6 Å². The number of methoxy groups -OCH3 is 1. The van der Waals surface area contributed by atoms with Crippen LogP contribution in [0.25, 0.3) is 0 Å². The lowest BCUT2D eigenvalue weighted by Gasteiger charge is -2.44. The Balaban J connectivity index is 1.64. The summed E-state index contributed by atoms with van der Waals surface area (Å²) in [6.07, 6.45) is 18.7. The third kappa shape index (κ3) is 10.1. The van der Waals surface area contributed by atoms with Crippen molar-refractivity contribution in [3.05, 3.63) is 22.5 Å². The molecule has 37 heavy (non-hydrogen) atoms. The van der Waals surface area contributed by atoms with Crippen LogP contribution in [-0.2, 0) is 14.4 Å². The molecular weight excluding hydrogens is 486 g/mol. The molecule has 2 atom stereocenters.